The summed E-state index contributed by atoms with van der Waals surface area (Å²) in [4.78, 5) is 76.8. The van der Waals surface area contributed by atoms with Gasteiger partial charge in [-0.25, -0.2) is 0 Å². The number of nitrogens with zero attached hydrogens (tertiary/aromatic N) is 1. The Morgan fingerprint density at radius 1 is 0.872 bits per heavy atom. The average Bonchev–Trinajstić information content (AvgIpc) is 3.16. The summed E-state index contributed by atoms with van der Waals surface area (Å²) in [6, 6.07) is 11.8. The minimum atomic E-state index is -2.31. The Morgan fingerprint density at radius 2 is 1.45 bits per heavy atom. The fourth-order valence-corrected chi connectivity index (χ4v) is 6.12. The first-order chi connectivity index (χ1) is 22.1. The molecule has 13 nitrogen and oxygen atoms in total. The predicted octanol–water partition coefficient (Wildman–Crippen LogP) is 3.31. The maximum atomic E-state index is 13.8. The molecule has 2 heterocycles. The third-order valence-electron chi connectivity index (χ3n) is 7.52. The van der Waals surface area contributed by atoms with E-state index in [9.17, 15) is 33.9 Å². The van der Waals surface area contributed by atoms with Crippen LogP contribution in [0.3, 0.4) is 0 Å². The third kappa shape index (κ3) is 8.55. The number of Topliss-reactive ketones (excluding diaryl/α,β-unsaturated/α-hetero) is 1. The highest BCUT2D eigenvalue weighted by Crippen LogP contribution is 2.45. The second-order valence-corrected chi connectivity index (χ2v) is 12.5. The van der Waals surface area contributed by atoms with E-state index in [-0.39, 0.29) is 17.1 Å². The Morgan fingerprint density at radius 3 is 2.02 bits per heavy atom. The van der Waals surface area contributed by atoms with Gasteiger partial charge in [0.25, 0.3) is 5.91 Å². The van der Waals surface area contributed by atoms with E-state index in [1.54, 1.807) is 24.3 Å². The molecule has 1 saturated heterocycles. The van der Waals surface area contributed by atoms with Crippen molar-refractivity contribution >= 4 is 68.8 Å². The summed E-state index contributed by atoms with van der Waals surface area (Å²) in [5.41, 5.74) is -1.06. The van der Waals surface area contributed by atoms with Crippen molar-refractivity contribution in [1.82, 2.24) is 0 Å². The maximum Gasteiger partial charge on any atom is 0.303 e. The topological polar surface area (TPSA) is 172 Å². The van der Waals surface area contributed by atoms with Gasteiger partial charge in [-0.05, 0) is 35.9 Å². The number of ketones is 1. The average molecular weight is 739 g/mol. The van der Waals surface area contributed by atoms with Crippen LogP contribution >= 0.6 is 27.5 Å². The molecule has 0 spiro atoms. The number of amides is 1. The van der Waals surface area contributed by atoms with Crippen LogP contribution in [-0.2, 0) is 64.6 Å². The lowest BCUT2D eigenvalue weighted by Crippen LogP contribution is -2.62. The Hall–Kier alpha value is -3.85. The largest absolute Gasteiger partial charge is 0.463 e. The van der Waals surface area contributed by atoms with Crippen LogP contribution < -0.4 is 4.90 Å². The zero-order valence-corrected chi connectivity index (χ0v) is 28.2. The van der Waals surface area contributed by atoms with Crippen LogP contribution in [0.15, 0.2) is 46.9 Å². The number of rotatable bonds is 11. The Labute approximate surface area is 283 Å². The van der Waals surface area contributed by atoms with E-state index in [0.29, 0.717) is 5.69 Å². The molecule has 1 unspecified atom stereocenters. The third-order valence-corrected chi connectivity index (χ3v) is 8.28. The van der Waals surface area contributed by atoms with Crippen LogP contribution in [0.5, 0.6) is 0 Å². The molecule has 0 saturated carbocycles. The molecule has 2 aromatic carbocycles. The normalized spacial score (nSPS) is 25.0. The van der Waals surface area contributed by atoms with Crippen LogP contribution in [0.2, 0.25) is 5.02 Å². The number of benzene rings is 2. The fourth-order valence-electron chi connectivity index (χ4n) is 5.69. The lowest BCUT2D eigenvalue weighted by Gasteiger charge is -2.44. The van der Waals surface area contributed by atoms with Crippen molar-refractivity contribution in [3.8, 4) is 0 Å². The van der Waals surface area contributed by atoms with Crippen LogP contribution in [0.25, 0.3) is 0 Å². The molecule has 1 amide bonds. The van der Waals surface area contributed by atoms with E-state index in [4.69, 9.17) is 35.3 Å². The van der Waals surface area contributed by atoms with Gasteiger partial charge >= 0.3 is 23.9 Å². The van der Waals surface area contributed by atoms with Gasteiger partial charge in [0.2, 0.25) is 0 Å². The molecule has 0 radical (unpaired) electrons. The highest BCUT2D eigenvalue weighted by Gasteiger charge is 2.54. The number of fused-ring (bicyclic) bond motifs is 1. The summed E-state index contributed by atoms with van der Waals surface area (Å²) in [6.07, 6.45) is -8.21. The predicted molar refractivity (Wildman–Crippen MR) is 167 cm³/mol. The summed E-state index contributed by atoms with van der Waals surface area (Å²) in [5, 5.41) is 12.1. The lowest BCUT2D eigenvalue weighted by atomic mass is 9.86. The number of halogens is 2. The molecule has 252 valence electrons. The molecule has 2 aromatic rings. The molecule has 2 aliphatic heterocycles. The summed E-state index contributed by atoms with van der Waals surface area (Å²) < 4.78 is 28.2. The van der Waals surface area contributed by atoms with Crippen molar-refractivity contribution in [1.29, 1.82) is 0 Å². The molecule has 4 rings (SSSR count). The SMILES string of the molecule is CC(=O)OC[C@H]1O[C@@H](CC(=O)CC2(O)C(=O)N(Cc3ccc(Br)cc3)c3ccc(Cl)cc32)[C@H](OC(C)=O)[C@@H](OC(C)=O)[C@@H]1OC(C)=O. The molecule has 0 bridgehead atoms. The van der Waals surface area contributed by atoms with Crippen molar-refractivity contribution in [2.24, 2.45) is 0 Å². The van der Waals surface area contributed by atoms with Gasteiger partial charge in [0.1, 0.15) is 24.6 Å². The van der Waals surface area contributed by atoms with Crippen LogP contribution in [0, 0.1) is 0 Å². The number of carbonyl (C=O) groups excluding carboxylic acids is 6. The first-order valence-electron chi connectivity index (χ1n) is 14.5. The van der Waals surface area contributed by atoms with E-state index < -0.39 is 91.1 Å². The van der Waals surface area contributed by atoms with Gasteiger partial charge in [0.15, 0.2) is 23.9 Å². The van der Waals surface area contributed by atoms with Crippen molar-refractivity contribution in [3.05, 3.63) is 63.1 Å². The minimum absolute atomic E-state index is 0.0942. The molecule has 1 fully saturated rings. The maximum absolute atomic E-state index is 13.8. The molecule has 47 heavy (non-hydrogen) atoms. The number of anilines is 1. The molecule has 2 aliphatic rings. The molecule has 1 N–H and O–H groups in total. The first-order valence-corrected chi connectivity index (χ1v) is 15.7. The highest BCUT2D eigenvalue weighted by atomic mass is 79.9. The van der Waals surface area contributed by atoms with Crippen molar-refractivity contribution in [2.45, 2.75) is 83.2 Å². The molecule has 0 aliphatic carbocycles. The van der Waals surface area contributed by atoms with E-state index in [2.05, 4.69) is 15.9 Å². The smallest absolute Gasteiger partial charge is 0.303 e. The lowest BCUT2D eigenvalue weighted by molar-refractivity contribution is -0.252. The number of carbonyl (C=O) groups is 6. The summed E-state index contributed by atoms with van der Waals surface area (Å²) in [6.45, 7) is 4.01. The second kappa shape index (κ2) is 14.9. The van der Waals surface area contributed by atoms with E-state index in [1.165, 1.54) is 11.0 Å². The summed E-state index contributed by atoms with van der Waals surface area (Å²) >= 11 is 9.62. The zero-order valence-electron chi connectivity index (χ0n) is 25.9. The number of ether oxygens (including phenoxy) is 5. The number of hydrogen-bond acceptors (Lipinski definition) is 12. The fraction of sp³-hybridized carbons (Fsp3) is 0.438. The summed E-state index contributed by atoms with van der Waals surface area (Å²) in [7, 11) is 0. The molecule has 0 aromatic heterocycles. The van der Waals surface area contributed by atoms with Gasteiger partial charge < -0.3 is 33.7 Å². The highest BCUT2D eigenvalue weighted by molar-refractivity contribution is 9.10. The monoisotopic (exact) mass is 737 g/mol. The number of hydrogen-bond donors (Lipinski definition) is 1. The van der Waals surface area contributed by atoms with Gasteiger partial charge in [-0.15, -0.1) is 0 Å². The Bertz CT molecular complexity index is 1570. The van der Waals surface area contributed by atoms with Crippen LogP contribution in [0.1, 0.15) is 51.7 Å². The van der Waals surface area contributed by atoms with Crippen LogP contribution in [-0.4, -0.2) is 77.8 Å². The zero-order chi connectivity index (χ0) is 34.6. The summed E-state index contributed by atoms with van der Waals surface area (Å²) in [5.74, 6) is -4.60. The van der Waals surface area contributed by atoms with Crippen LogP contribution in [0.4, 0.5) is 5.69 Å². The van der Waals surface area contributed by atoms with Gasteiger partial charge in [-0.3, -0.25) is 28.8 Å². The van der Waals surface area contributed by atoms with Gasteiger partial charge in [0, 0.05) is 55.6 Å². The van der Waals surface area contributed by atoms with Gasteiger partial charge in [0.05, 0.1) is 12.2 Å². The quantitative estimate of drug-likeness (QED) is 0.264. The number of aliphatic hydroxyl groups is 1. The number of esters is 4. The van der Waals surface area contributed by atoms with E-state index >= 15 is 0 Å². The first kappa shape index (κ1) is 36.0. The molecule has 6 atom stereocenters. The van der Waals surface area contributed by atoms with Crippen molar-refractivity contribution in [3.63, 3.8) is 0 Å². The van der Waals surface area contributed by atoms with Crippen molar-refractivity contribution < 1.29 is 57.6 Å². The van der Waals surface area contributed by atoms with Gasteiger partial charge in [-0.2, -0.15) is 0 Å². The standard InChI is InChI=1S/C32H33BrClNO12/c1-16(36)43-15-27-29(45-18(3)38)30(46-19(4)39)28(44-17(2)37)26(47-27)12-23(40)13-32(42)24-11-22(34)9-10-25(24)35(31(32)41)14-20-5-7-21(33)8-6-20/h5-11,26-30,42H,12-15H2,1-4H3/t26-,27+,28-,29+,30+,32?/m0/s1. The van der Waals surface area contributed by atoms with Crippen molar-refractivity contribution in [2.75, 3.05) is 11.5 Å². The Balaban J connectivity index is 1.65. The molecular formula is C32H33BrClNO12. The molecular weight excluding hydrogens is 706 g/mol. The Kier molecular flexibility index (Phi) is 11.4. The van der Waals surface area contributed by atoms with E-state index in [1.807, 2.05) is 12.1 Å². The van der Waals surface area contributed by atoms with E-state index in [0.717, 1.165) is 37.7 Å². The molecule has 15 heteroatoms. The second-order valence-electron chi connectivity index (χ2n) is 11.2. The minimum Gasteiger partial charge on any atom is -0.463 e. The van der Waals surface area contributed by atoms with Gasteiger partial charge in [-0.1, -0.05) is 39.7 Å².